The number of carbonyl (C=O) groups is 3. The average Bonchev–Trinajstić information content (AvgIpc) is 2.85. The number of hydrogen-bond donors (Lipinski definition) is 4. The van der Waals surface area contributed by atoms with E-state index in [0.29, 0.717) is 22.4 Å². The Morgan fingerprint density at radius 1 is 1.08 bits per heavy atom. The summed E-state index contributed by atoms with van der Waals surface area (Å²) in [6, 6.07) is 10.2. The van der Waals surface area contributed by atoms with Crippen LogP contribution in [0.5, 0.6) is 11.5 Å². The van der Waals surface area contributed by atoms with Gasteiger partial charge in [-0.05, 0) is 61.6 Å². The highest BCUT2D eigenvalue weighted by atomic mass is 16.5. The van der Waals surface area contributed by atoms with E-state index >= 15 is 0 Å². The van der Waals surface area contributed by atoms with E-state index in [4.69, 9.17) is 4.74 Å². The summed E-state index contributed by atoms with van der Waals surface area (Å²) >= 11 is 0. The first-order valence-electron chi connectivity index (χ1n) is 11.8. The number of hydrogen-bond acceptors (Lipinski definition) is 8. The van der Waals surface area contributed by atoms with Gasteiger partial charge in [0, 0.05) is 29.0 Å². The van der Waals surface area contributed by atoms with E-state index in [1.807, 2.05) is 6.07 Å². The number of aliphatic hydroxyl groups is 3. The van der Waals surface area contributed by atoms with Gasteiger partial charge in [-0.1, -0.05) is 17.9 Å². The number of Topliss-reactive ketones (excluding diaryl/α,β-unsaturated/α-hetero) is 3. The van der Waals surface area contributed by atoms with Crippen molar-refractivity contribution in [1.82, 2.24) is 0 Å². The van der Waals surface area contributed by atoms with Crippen molar-refractivity contribution in [3.8, 4) is 23.3 Å². The van der Waals surface area contributed by atoms with E-state index in [9.17, 15) is 34.8 Å². The normalized spacial score (nSPS) is 24.5. The molecule has 0 aromatic heterocycles. The Morgan fingerprint density at radius 3 is 2.54 bits per heavy atom. The Kier molecular flexibility index (Phi) is 5.69. The number of allylic oxidation sites excluding steroid dienone is 1. The van der Waals surface area contributed by atoms with Crippen LogP contribution in [0.1, 0.15) is 42.0 Å². The first-order valence-corrected chi connectivity index (χ1v) is 11.8. The highest BCUT2D eigenvalue weighted by Gasteiger charge is 2.60. The molecule has 0 aliphatic heterocycles. The summed E-state index contributed by atoms with van der Waals surface area (Å²) in [6.07, 6.45) is 0.0173. The number of aliphatic hydroxyl groups excluding tert-OH is 2. The van der Waals surface area contributed by atoms with Gasteiger partial charge in [0.15, 0.2) is 17.2 Å². The van der Waals surface area contributed by atoms with Crippen LogP contribution in [0.15, 0.2) is 53.3 Å². The summed E-state index contributed by atoms with van der Waals surface area (Å²) in [6.45, 7) is 1.07. The van der Waals surface area contributed by atoms with Crippen LogP contribution in [-0.4, -0.2) is 50.5 Å². The Balaban J connectivity index is 1.63. The molecule has 37 heavy (non-hydrogen) atoms. The molecule has 3 atom stereocenters. The van der Waals surface area contributed by atoms with Gasteiger partial charge < -0.3 is 25.2 Å². The van der Waals surface area contributed by atoms with Crippen LogP contribution in [0.2, 0.25) is 0 Å². The third-order valence-corrected chi connectivity index (χ3v) is 7.46. The number of rotatable bonds is 2. The minimum Gasteiger partial charge on any atom is -0.508 e. The predicted octanol–water partition coefficient (Wildman–Crippen LogP) is 2.94. The van der Waals surface area contributed by atoms with E-state index in [0.717, 1.165) is 6.92 Å². The Hall–Kier alpha value is -4.35. The summed E-state index contributed by atoms with van der Waals surface area (Å²) in [5.74, 6) is 1.07. The second-order valence-corrected chi connectivity index (χ2v) is 9.57. The fraction of sp³-hybridized carbons (Fsp3) is 0.276. The molecule has 3 aliphatic rings. The fourth-order valence-corrected chi connectivity index (χ4v) is 5.69. The van der Waals surface area contributed by atoms with Gasteiger partial charge in [-0.3, -0.25) is 14.4 Å². The molecule has 0 spiro atoms. The van der Waals surface area contributed by atoms with Gasteiger partial charge in [-0.2, -0.15) is 0 Å². The summed E-state index contributed by atoms with van der Waals surface area (Å²) in [5, 5.41) is 43.8. The number of aromatic hydroxyl groups is 1. The molecular formula is C29H24O8. The average molecular weight is 501 g/mol. The van der Waals surface area contributed by atoms with Crippen LogP contribution in [0.25, 0.3) is 5.76 Å². The van der Waals surface area contributed by atoms with Gasteiger partial charge in [-0.25, -0.2) is 0 Å². The molecule has 0 heterocycles. The number of ether oxygens (including phenoxy) is 1. The lowest BCUT2D eigenvalue weighted by molar-refractivity contribution is -0.147. The molecule has 2 aromatic carbocycles. The third kappa shape index (κ3) is 3.62. The predicted molar refractivity (Wildman–Crippen MR) is 132 cm³/mol. The summed E-state index contributed by atoms with van der Waals surface area (Å²) in [4.78, 5) is 38.1. The van der Waals surface area contributed by atoms with Gasteiger partial charge >= 0.3 is 0 Å². The summed E-state index contributed by atoms with van der Waals surface area (Å²) in [5.41, 5.74) is -1.46. The minimum atomic E-state index is -2.51. The number of phenols is 1. The first-order chi connectivity index (χ1) is 17.6. The van der Waals surface area contributed by atoms with Crippen molar-refractivity contribution in [3.05, 3.63) is 75.6 Å². The molecule has 0 radical (unpaired) electrons. The molecule has 8 nitrogen and oxygen atoms in total. The summed E-state index contributed by atoms with van der Waals surface area (Å²) < 4.78 is 5.23. The second kappa shape index (κ2) is 8.64. The van der Waals surface area contributed by atoms with Crippen molar-refractivity contribution in [2.24, 2.45) is 11.8 Å². The highest BCUT2D eigenvalue weighted by molar-refractivity contribution is 6.23. The van der Waals surface area contributed by atoms with Crippen LogP contribution in [0, 0.1) is 23.7 Å². The lowest BCUT2D eigenvalue weighted by atomic mass is 9.59. The maximum Gasteiger partial charge on any atom is 0.202 e. The molecule has 8 heteroatoms. The van der Waals surface area contributed by atoms with Crippen LogP contribution in [0.3, 0.4) is 0 Å². The van der Waals surface area contributed by atoms with E-state index in [2.05, 4.69) is 11.8 Å². The highest BCUT2D eigenvalue weighted by Crippen LogP contribution is 2.52. The van der Waals surface area contributed by atoms with Crippen LogP contribution in [-0.2, 0) is 20.8 Å². The minimum absolute atomic E-state index is 0.0289. The molecule has 3 aliphatic carbocycles. The quantitative estimate of drug-likeness (QED) is 0.364. The van der Waals surface area contributed by atoms with Gasteiger partial charge in [0.25, 0.3) is 0 Å². The number of ketones is 3. The van der Waals surface area contributed by atoms with E-state index < -0.39 is 51.9 Å². The molecule has 2 aromatic rings. The van der Waals surface area contributed by atoms with E-state index in [1.165, 1.54) is 6.07 Å². The topological polar surface area (TPSA) is 141 Å². The van der Waals surface area contributed by atoms with E-state index in [-0.39, 0.29) is 36.1 Å². The van der Waals surface area contributed by atoms with Gasteiger partial charge in [0.05, 0.1) is 12.7 Å². The molecule has 5 rings (SSSR count). The largest absolute Gasteiger partial charge is 0.508 e. The Bertz CT molecular complexity index is 1520. The molecule has 0 bridgehead atoms. The van der Waals surface area contributed by atoms with Crippen molar-refractivity contribution in [2.75, 3.05) is 7.11 Å². The third-order valence-electron chi connectivity index (χ3n) is 7.46. The van der Waals surface area contributed by atoms with Crippen molar-refractivity contribution >= 4 is 23.1 Å². The smallest absolute Gasteiger partial charge is 0.202 e. The van der Waals surface area contributed by atoms with Gasteiger partial charge in [-0.15, -0.1) is 0 Å². The number of phenolic OH excluding ortho intramolecular Hbond substituents is 1. The maximum atomic E-state index is 13.6. The summed E-state index contributed by atoms with van der Waals surface area (Å²) in [7, 11) is 1.55. The van der Waals surface area contributed by atoms with Crippen molar-refractivity contribution in [2.45, 2.75) is 31.8 Å². The fourth-order valence-electron chi connectivity index (χ4n) is 5.69. The van der Waals surface area contributed by atoms with Gasteiger partial charge in [0.1, 0.15) is 28.6 Å². The standard InChI is InChI=1S/C29H24O8/c1-14(30)23-22(32)13-18-11-17-12-20-16(7-6-15-4-3-5-19(10-15)37-2)8-9-21(31)25(20)26(33)24(17)28(35)29(18,36)27(23)34/h3-5,8-10,17-18,31,33-34,36H,11-13H2,1-2H3/t17-,18+,29-/m1/s1. The second-order valence-electron chi connectivity index (χ2n) is 9.57. The molecule has 188 valence electrons. The lowest BCUT2D eigenvalue weighted by Gasteiger charge is -2.46. The zero-order valence-corrected chi connectivity index (χ0v) is 20.2. The molecule has 0 amide bonds. The van der Waals surface area contributed by atoms with Crippen molar-refractivity contribution in [3.63, 3.8) is 0 Å². The first kappa shape index (κ1) is 24.3. The van der Waals surface area contributed by atoms with Gasteiger partial charge in [0.2, 0.25) is 5.78 Å². The zero-order chi connectivity index (χ0) is 26.6. The van der Waals surface area contributed by atoms with E-state index in [1.54, 1.807) is 31.4 Å². The SMILES string of the molecule is COc1cccc(C#Cc2ccc(O)c3c2C[C@H]2C[C@H]4CC(=O)C(C(C)=O)=C(O)[C@@]4(O)C(=O)C2=C3O)c1. The molecular weight excluding hydrogens is 476 g/mol. The molecule has 4 N–H and O–H groups in total. The Labute approximate surface area is 212 Å². The number of fused-ring (bicyclic) bond motifs is 3. The molecule has 0 saturated heterocycles. The monoisotopic (exact) mass is 500 g/mol. The maximum absolute atomic E-state index is 13.6. The lowest BCUT2D eigenvalue weighted by Crippen LogP contribution is -2.57. The van der Waals surface area contributed by atoms with Crippen molar-refractivity contribution < 1.29 is 39.5 Å². The number of methoxy groups -OCH3 is 1. The molecule has 0 unspecified atom stereocenters. The molecule has 1 fully saturated rings. The Morgan fingerprint density at radius 2 is 1.84 bits per heavy atom. The molecule has 1 saturated carbocycles. The van der Waals surface area contributed by atoms with Crippen LogP contribution >= 0.6 is 0 Å². The van der Waals surface area contributed by atoms with Crippen LogP contribution in [0.4, 0.5) is 0 Å². The van der Waals surface area contributed by atoms with Crippen LogP contribution < -0.4 is 4.74 Å². The zero-order valence-electron chi connectivity index (χ0n) is 20.2. The van der Waals surface area contributed by atoms with Crippen molar-refractivity contribution in [1.29, 1.82) is 0 Å². The number of benzene rings is 2. The number of carbonyl (C=O) groups excluding carboxylic acids is 3.